The van der Waals surface area contributed by atoms with Gasteiger partial charge in [-0.05, 0) is 23.8 Å². The Morgan fingerprint density at radius 3 is 2.78 bits per heavy atom. The van der Waals surface area contributed by atoms with Crippen LogP contribution < -0.4 is 5.32 Å². The molecule has 0 radical (unpaired) electrons. The van der Waals surface area contributed by atoms with Crippen LogP contribution in [0.25, 0.3) is 11.1 Å². The van der Waals surface area contributed by atoms with Crippen molar-refractivity contribution >= 4 is 15.9 Å². The molecule has 3 rings (SSSR count). The van der Waals surface area contributed by atoms with E-state index in [9.17, 15) is 17.6 Å². The SMILES string of the molecule is CS(=O)(=O)N1CCOC(CNC(=O)c2cccc(-c3ccccc3F)c2)C1. The van der Waals surface area contributed by atoms with Gasteiger partial charge in [-0.15, -0.1) is 0 Å². The number of halogens is 1. The first kappa shape index (κ1) is 19.5. The molecule has 1 fully saturated rings. The number of hydrogen-bond acceptors (Lipinski definition) is 4. The van der Waals surface area contributed by atoms with Gasteiger partial charge in [-0.25, -0.2) is 12.8 Å². The van der Waals surface area contributed by atoms with E-state index in [1.54, 1.807) is 42.5 Å². The topological polar surface area (TPSA) is 75.7 Å². The van der Waals surface area contributed by atoms with E-state index in [1.807, 2.05) is 0 Å². The Hall–Kier alpha value is -2.29. The lowest BCUT2D eigenvalue weighted by Gasteiger charge is -2.31. The summed E-state index contributed by atoms with van der Waals surface area (Å²) >= 11 is 0. The van der Waals surface area contributed by atoms with Crippen LogP contribution in [-0.4, -0.2) is 57.2 Å². The lowest BCUT2D eigenvalue weighted by molar-refractivity contribution is 0.000438. The van der Waals surface area contributed by atoms with Crippen molar-refractivity contribution in [3.8, 4) is 11.1 Å². The Bertz CT molecular complexity index is 933. The molecule has 27 heavy (non-hydrogen) atoms. The quantitative estimate of drug-likeness (QED) is 0.843. The molecular formula is C19H21FN2O4S. The molecule has 0 bridgehead atoms. The molecule has 0 aromatic heterocycles. The van der Waals surface area contributed by atoms with Crippen molar-refractivity contribution in [2.75, 3.05) is 32.5 Å². The highest BCUT2D eigenvalue weighted by Gasteiger charge is 2.26. The van der Waals surface area contributed by atoms with E-state index in [1.165, 1.54) is 10.4 Å². The van der Waals surface area contributed by atoms with Crippen molar-refractivity contribution in [1.82, 2.24) is 9.62 Å². The maximum atomic E-state index is 14.0. The van der Waals surface area contributed by atoms with Gasteiger partial charge in [0.2, 0.25) is 10.0 Å². The van der Waals surface area contributed by atoms with Crippen molar-refractivity contribution in [3.05, 3.63) is 59.9 Å². The number of morpholine rings is 1. The lowest BCUT2D eigenvalue weighted by Crippen LogP contribution is -2.49. The maximum Gasteiger partial charge on any atom is 0.251 e. The van der Waals surface area contributed by atoms with Crippen LogP contribution in [-0.2, 0) is 14.8 Å². The van der Waals surface area contributed by atoms with E-state index in [4.69, 9.17) is 4.74 Å². The number of sulfonamides is 1. The number of benzene rings is 2. The molecule has 1 unspecified atom stereocenters. The zero-order valence-corrected chi connectivity index (χ0v) is 15.7. The molecule has 1 atom stereocenters. The molecule has 1 N–H and O–H groups in total. The van der Waals surface area contributed by atoms with Crippen molar-refractivity contribution in [2.45, 2.75) is 6.10 Å². The Morgan fingerprint density at radius 1 is 1.26 bits per heavy atom. The Balaban J connectivity index is 1.65. The van der Waals surface area contributed by atoms with Gasteiger partial charge in [0.25, 0.3) is 5.91 Å². The number of nitrogens with zero attached hydrogens (tertiary/aromatic N) is 1. The Kier molecular flexibility index (Phi) is 5.88. The smallest absolute Gasteiger partial charge is 0.251 e. The fraction of sp³-hybridized carbons (Fsp3) is 0.316. The standard InChI is InChI=1S/C19H21FN2O4S/c1-27(24,25)22-9-10-26-16(13-22)12-21-19(23)15-6-4-5-14(11-15)17-7-2-3-8-18(17)20/h2-8,11,16H,9-10,12-13H2,1H3,(H,21,23). The molecule has 1 aliphatic rings. The van der Waals surface area contributed by atoms with Crippen LogP contribution in [0.4, 0.5) is 4.39 Å². The van der Waals surface area contributed by atoms with Gasteiger partial charge < -0.3 is 10.1 Å². The van der Waals surface area contributed by atoms with Crippen LogP contribution in [0, 0.1) is 5.82 Å². The minimum atomic E-state index is -3.28. The average Bonchev–Trinajstić information content (AvgIpc) is 2.66. The molecule has 1 aliphatic heterocycles. The van der Waals surface area contributed by atoms with E-state index in [2.05, 4.69) is 5.32 Å². The molecular weight excluding hydrogens is 371 g/mol. The van der Waals surface area contributed by atoms with Crippen LogP contribution in [0.2, 0.25) is 0 Å². The molecule has 0 saturated carbocycles. The Labute approximate surface area is 158 Å². The fourth-order valence-corrected chi connectivity index (χ4v) is 3.79. The van der Waals surface area contributed by atoms with Gasteiger partial charge in [-0.1, -0.05) is 30.3 Å². The molecule has 0 aliphatic carbocycles. The number of amides is 1. The molecule has 1 amide bonds. The summed E-state index contributed by atoms with van der Waals surface area (Å²) in [7, 11) is -3.28. The van der Waals surface area contributed by atoms with Gasteiger partial charge in [-0.3, -0.25) is 4.79 Å². The maximum absolute atomic E-state index is 14.0. The van der Waals surface area contributed by atoms with Crippen molar-refractivity contribution < 1.29 is 22.3 Å². The third-order valence-electron chi connectivity index (χ3n) is 4.37. The second-order valence-corrected chi connectivity index (χ2v) is 8.37. The normalized spacial score (nSPS) is 18.2. The molecule has 6 nitrogen and oxygen atoms in total. The highest BCUT2D eigenvalue weighted by atomic mass is 32.2. The lowest BCUT2D eigenvalue weighted by atomic mass is 10.0. The van der Waals surface area contributed by atoms with Gasteiger partial charge in [0, 0.05) is 30.8 Å². The predicted molar refractivity (Wildman–Crippen MR) is 100 cm³/mol. The molecule has 0 spiro atoms. The summed E-state index contributed by atoms with van der Waals surface area (Å²) in [4.78, 5) is 12.4. The summed E-state index contributed by atoms with van der Waals surface area (Å²) in [6.45, 7) is 0.994. The number of rotatable bonds is 5. The fourth-order valence-electron chi connectivity index (χ4n) is 2.95. The summed E-state index contributed by atoms with van der Waals surface area (Å²) in [5.74, 6) is -0.681. The molecule has 1 saturated heterocycles. The van der Waals surface area contributed by atoms with Crippen molar-refractivity contribution in [2.24, 2.45) is 0 Å². The summed E-state index contributed by atoms with van der Waals surface area (Å²) in [5.41, 5.74) is 1.43. The minimum Gasteiger partial charge on any atom is -0.374 e. The summed E-state index contributed by atoms with van der Waals surface area (Å²) in [5, 5.41) is 2.75. The van der Waals surface area contributed by atoms with E-state index >= 15 is 0 Å². The first-order chi connectivity index (χ1) is 12.8. The zero-order valence-electron chi connectivity index (χ0n) is 14.9. The van der Waals surface area contributed by atoms with Crippen molar-refractivity contribution in [1.29, 1.82) is 0 Å². The minimum absolute atomic E-state index is 0.189. The largest absolute Gasteiger partial charge is 0.374 e. The van der Waals surface area contributed by atoms with Gasteiger partial charge in [0.1, 0.15) is 5.82 Å². The number of carbonyl (C=O) groups excluding carboxylic acids is 1. The zero-order chi connectivity index (χ0) is 19.4. The van der Waals surface area contributed by atoms with Gasteiger partial charge >= 0.3 is 0 Å². The first-order valence-electron chi connectivity index (χ1n) is 8.54. The van der Waals surface area contributed by atoms with E-state index < -0.39 is 16.1 Å². The summed E-state index contributed by atoms with van der Waals surface area (Å²) in [6, 6.07) is 13.1. The molecule has 144 valence electrons. The van der Waals surface area contributed by atoms with Gasteiger partial charge in [0.15, 0.2) is 0 Å². The summed E-state index contributed by atoms with van der Waals surface area (Å²) in [6.07, 6.45) is 0.745. The van der Waals surface area contributed by atoms with Crippen LogP contribution in [0.5, 0.6) is 0 Å². The second-order valence-electron chi connectivity index (χ2n) is 6.38. The summed E-state index contributed by atoms with van der Waals surface area (Å²) < 4.78 is 44.1. The highest BCUT2D eigenvalue weighted by molar-refractivity contribution is 7.88. The van der Waals surface area contributed by atoms with Crippen LogP contribution >= 0.6 is 0 Å². The number of hydrogen-bond donors (Lipinski definition) is 1. The molecule has 2 aromatic rings. The monoisotopic (exact) mass is 392 g/mol. The average molecular weight is 392 g/mol. The number of ether oxygens (including phenoxy) is 1. The van der Waals surface area contributed by atoms with Crippen molar-refractivity contribution in [3.63, 3.8) is 0 Å². The van der Waals surface area contributed by atoms with E-state index in [0.717, 1.165) is 6.26 Å². The second kappa shape index (κ2) is 8.16. The van der Waals surface area contributed by atoms with E-state index in [0.29, 0.717) is 23.2 Å². The Morgan fingerprint density at radius 2 is 2.04 bits per heavy atom. The molecule has 2 aromatic carbocycles. The first-order valence-corrected chi connectivity index (χ1v) is 10.4. The molecule has 8 heteroatoms. The highest BCUT2D eigenvalue weighted by Crippen LogP contribution is 2.23. The van der Waals surface area contributed by atoms with E-state index in [-0.39, 0.29) is 31.4 Å². The molecule has 1 heterocycles. The van der Waals surface area contributed by atoms with Gasteiger partial charge in [0.05, 0.1) is 19.0 Å². The third-order valence-corrected chi connectivity index (χ3v) is 5.64. The van der Waals surface area contributed by atoms with Crippen LogP contribution in [0.3, 0.4) is 0 Å². The van der Waals surface area contributed by atoms with Crippen LogP contribution in [0.15, 0.2) is 48.5 Å². The third kappa shape index (κ3) is 4.91. The number of nitrogens with one attached hydrogen (secondary N) is 1. The van der Waals surface area contributed by atoms with Gasteiger partial charge in [-0.2, -0.15) is 4.31 Å². The number of carbonyl (C=O) groups is 1. The predicted octanol–water partition coefficient (Wildman–Crippen LogP) is 1.88. The van der Waals surface area contributed by atoms with Crippen LogP contribution in [0.1, 0.15) is 10.4 Å².